The SMILES string of the molecule is C/C(=N/Nc1ccc(C(=O)[O-])cc1)c1ccc(OCC#N)cc1. The van der Waals surface area contributed by atoms with E-state index in [2.05, 4.69) is 10.5 Å². The fourth-order valence-corrected chi connectivity index (χ4v) is 1.80. The van der Waals surface area contributed by atoms with Gasteiger partial charge in [-0.05, 0) is 54.4 Å². The van der Waals surface area contributed by atoms with Crippen LogP contribution in [0.2, 0.25) is 0 Å². The number of aromatic carboxylic acids is 1. The fraction of sp³-hybridized carbons (Fsp3) is 0.118. The Labute approximate surface area is 133 Å². The molecule has 2 aromatic carbocycles. The molecule has 0 spiro atoms. The zero-order valence-corrected chi connectivity index (χ0v) is 12.4. The lowest BCUT2D eigenvalue weighted by atomic mass is 10.1. The van der Waals surface area contributed by atoms with Crippen LogP contribution in [0.15, 0.2) is 53.6 Å². The van der Waals surface area contributed by atoms with Crippen molar-refractivity contribution >= 4 is 17.4 Å². The Bertz CT molecular complexity index is 744. The monoisotopic (exact) mass is 308 g/mol. The van der Waals surface area contributed by atoms with E-state index in [4.69, 9.17) is 10.00 Å². The largest absolute Gasteiger partial charge is 0.545 e. The van der Waals surface area contributed by atoms with Gasteiger partial charge in [-0.3, -0.25) is 5.43 Å². The predicted octanol–water partition coefficient (Wildman–Crippen LogP) is 1.79. The number of benzene rings is 2. The van der Waals surface area contributed by atoms with Gasteiger partial charge in [-0.25, -0.2) is 0 Å². The van der Waals surface area contributed by atoms with E-state index < -0.39 is 5.97 Å². The molecule has 2 aromatic rings. The number of rotatable bonds is 6. The van der Waals surface area contributed by atoms with E-state index >= 15 is 0 Å². The van der Waals surface area contributed by atoms with Crippen LogP contribution in [0.3, 0.4) is 0 Å². The number of ether oxygens (including phenoxy) is 1. The molecule has 116 valence electrons. The summed E-state index contributed by atoms with van der Waals surface area (Å²) in [6, 6.07) is 15.2. The smallest absolute Gasteiger partial charge is 0.174 e. The van der Waals surface area contributed by atoms with E-state index in [0.717, 1.165) is 11.3 Å². The van der Waals surface area contributed by atoms with E-state index in [1.807, 2.05) is 25.1 Å². The molecule has 0 aliphatic rings. The lowest BCUT2D eigenvalue weighted by Crippen LogP contribution is -2.21. The second-order valence-electron chi connectivity index (χ2n) is 4.64. The molecule has 0 unspecified atom stereocenters. The van der Waals surface area contributed by atoms with Gasteiger partial charge in [-0.15, -0.1) is 0 Å². The Balaban J connectivity index is 2.01. The summed E-state index contributed by atoms with van der Waals surface area (Å²) in [6.07, 6.45) is 0. The van der Waals surface area contributed by atoms with Gasteiger partial charge in [0.05, 0.1) is 17.4 Å². The van der Waals surface area contributed by atoms with Crippen LogP contribution in [0.25, 0.3) is 0 Å². The third-order valence-corrected chi connectivity index (χ3v) is 3.05. The number of nitrogens with zero attached hydrogens (tertiary/aromatic N) is 2. The highest BCUT2D eigenvalue weighted by molar-refractivity contribution is 5.99. The number of carboxylic acid groups (broad SMARTS) is 1. The first-order valence-electron chi connectivity index (χ1n) is 6.82. The maximum Gasteiger partial charge on any atom is 0.174 e. The van der Waals surface area contributed by atoms with Crippen LogP contribution in [-0.2, 0) is 0 Å². The molecule has 2 rings (SSSR count). The zero-order valence-electron chi connectivity index (χ0n) is 12.4. The van der Waals surface area contributed by atoms with E-state index in [1.165, 1.54) is 12.1 Å². The molecular formula is C17H14N3O3-. The summed E-state index contributed by atoms with van der Waals surface area (Å²) in [5, 5.41) is 23.4. The molecule has 0 amide bonds. The number of nitriles is 1. The van der Waals surface area contributed by atoms with Gasteiger partial charge >= 0.3 is 0 Å². The molecule has 0 atom stereocenters. The number of anilines is 1. The maximum absolute atomic E-state index is 10.7. The topological polar surface area (TPSA) is 97.5 Å². The van der Waals surface area contributed by atoms with Crippen LogP contribution in [-0.4, -0.2) is 18.3 Å². The van der Waals surface area contributed by atoms with Crippen molar-refractivity contribution in [1.82, 2.24) is 0 Å². The van der Waals surface area contributed by atoms with Gasteiger partial charge in [-0.1, -0.05) is 12.1 Å². The molecule has 0 bridgehead atoms. The van der Waals surface area contributed by atoms with E-state index in [0.29, 0.717) is 11.4 Å². The third kappa shape index (κ3) is 4.58. The van der Waals surface area contributed by atoms with Crippen LogP contribution in [0.4, 0.5) is 5.69 Å². The second-order valence-corrected chi connectivity index (χ2v) is 4.64. The minimum atomic E-state index is -1.21. The third-order valence-electron chi connectivity index (χ3n) is 3.05. The summed E-state index contributed by atoms with van der Waals surface area (Å²) in [5.74, 6) is -0.594. The number of hydrogen-bond acceptors (Lipinski definition) is 6. The van der Waals surface area contributed by atoms with Crippen LogP contribution in [0.1, 0.15) is 22.8 Å². The molecule has 0 heterocycles. The van der Waals surface area contributed by atoms with Gasteiger partial charge in [0.25, 0.3) is 0 Å². The maximum atomic E-state index is 10.7. The Kier molecular flexibility index (Phi) is 5.31. The number of carboxylic acids is 1. The van der Waals surface area contributed by atoms with E-state index in [-0.39, 0.29) is 12.2 Å². The quantitative estimate of drug-likeness (QED) is 0.648. The first-order valence-corrected chi connectivity index (χ1v) is 6.82. The Hall–Kier alpha value is -3.33. The van der Waals surface area contributed by atoms with Crippen molar-refractivity contribution in [1.29, 1.82) is 5.26 Å². The number of carbonyl (C=O) groups is 1. The summed E-state index contributed by atoms with van der Waals surface area (Å²) in [5.41, 5.74) is 5.29. The molecule has 0 saturated carbocycles. The molecule has 6 heteroatoms. The van der Waals surface area contributed by atoms with E-state index in [9.17, 15) is 9.90 Å². The van der Waals surface area contributed by atoms with Crippen molar-refractivity contribution in [3.63, 3.8) is 0 Å². The van der Waals surface area contributed by atoms with Crippen molar-refractivity contribution in [2.24, 2.45) is 5.10 Å². The van der Waals surface area contributed by atoms with Crippen molar-refractivity contribution < 1.29 is 14.6 Å². The fourth-order valence-electron chi connectivity index (χ4n) is 1.80. The van der Waals surface area contributed by atoms with Crippen molar-refractivity contribution in [3.05, 3.63) is 59.7 Å². The summed E-state index contributed by atoms with van der Waals surface area (Å²) in [7, 11) is 0. The van der Waals surface area contributed by atoms with Crippen molar-refractivity contribution in [2.45, 2.75) is 6.92 Å². The second kappa shape index (κ2) is 7.61. The number of carbonyl (C=O) groups excluding carboxylic acids is 1. The number of hydrazone groups is 1. The first-order chi connectivity index (χ1) is 11.1. The van der Waals surface area contributed by atoms with Gasteiger partial charge in [0.15, 0.2) is 6.61 Å². The summed E-state index contributed by atoms with van der Waals surface area (Å²) in [6.45, 7) is 1.85. The molecule has 0 aliphatic heterocycles. The zero-order chi connectivity index (χ0) is 16.7. The predicted molar refractivity (Wildman–Crippen MR) is 84.2 cm³/mol. The number of hydrogen-bond donors (Lipinski definition) is 1. The Morgan fingerprint density at radius 2 is 1.78 bits per heavy atom. The summed E-state index contributed by atoms with van der Waals surface area (Å²) < 4.78 is 5.18. The highest BCUT2D eigenvalue weighted by Crippen LogP contribution is 2.14. The molecule has 0 aliphatic carbocycles. The molecule has 0 fully saturated rings. The average molecular weight is 308 g/mol. The molecule has 0 aromatic heterocycles. The van der Waals surface area contributed by atoms with Crippen LogP contribution >= 0.6 is 0 Å². The van der Waals surface area contributed by atoms with Gasteiger partial charge in [0.1, 0.15) is 11.8 Å². The van der Waals surface area contributed by atoms with E-state index in [1.54, 1.807) is 24.3 Å². The lowest BCUT2D eigenvalue weighted by Gasteiger charge is -2.06. The summed E-state index contributed by atoms with van der Waals surface area (Å²) in [4.78, 5) is 10.7. The summed E-state index contributed by atoms with van der Waals surface area (Å²) >= 11 is 0. The minimum absolute atomic E-state index is 0.00975. The van der Waals surface area contributed by atoms with Gasteiger partial charge in [0, 0.05) is 0 Å². The highest BCUT2D eigenvalue weighted by atomic mass is 16.5. The molecule has 23 heavy (non-hydrogen) atoms. The molecular weight excluding hydrogens is 294 g/mol. The molecule has 6 nitrogen and oxygen atoms in total. The van der Waals surface area contributed by atoms with Crippen molar-refractivity contribution in [3.8, 4) is 11.8 Å². The molecule has 1 N–H and O–H groups in total. The Morgan fingerprint density at radius 3 is 2.35 bits per heavy atom. The average Bonchev–Trinajstić information content (AvgIpc) is 2.58. The van der Waals surface area contributed by atoms with Gasteiger partial charge in [-0.2, -0.15) is 10.4 Å². The molecule has 0 saturated heterocycles. The highest BCUT2D eigenvalue weighted by Gasteiger charge is 2.00. The van der Waals surface area contributed by atoms with Gasteiger partial charge in [0.2, 0.25) is 0 Å². The minimum Gasteiger partial charge on any atom is -0.545 e. The standard InChI is InChI=1S/C17H15N3O3/c1-12(13-4-8-16(9-5-13)23-11-10-18)19-20-15-6-2-14(3-7-15)17(21)22/h2-9,20H,11H2,1H3,(H,21,22)/p-1/b19-12-. The molecule has 0 radical (unpaired) electrons. The van der Waals surface area contributed by atoms with Crippen LogP contribution in [0.5, 0.6) is 5.75 Å². The van der Waals surface area contributed by atoms with Crippen LogP contribution in [0, 0.1) is 11.3 Å². The normalized spacial score (nSPS) is 10.7. The Morgan fingerprint density at radius 1 is 1.17 bits per heavy atom. The van der Waals surface area contributed by atoms with Gasteiger partial charge < -0.3 is 14.6 Å². The lowest BCUT2D eigenvalue weighted by molar-refractivity contribution is -0.255. The number of nitrogens with one attached hydrogen (secondary N) is 1. The first kappa shape index (κ1) is 16.0. The van der Waals surface area contributed by atoms with Crippen LogP contribution < -0.4 is 15.3 Å². The van der Waals surface area contributed by atoms with Crippen molar-refractivity contribution in [2.75, 3.05) is 12.0 Å².